The number of allylic oxidation sites excluding steroid dienone is 10. The molecule has 0 atom stereocenters. The van der Waals surface area contributed by atoms with Crippen molar-refractivity contribution in [2.24, 2.45) is 10.9 Å². The van der Waals surface area contributed by atoms with E-state index in [1.54, 1.807) is 18.0 Å². The standard InChI is InChI=1S/C27H41N5S/c1-5-7-8-14-27(24(3)29-4)30-18-21-32-19-15-26(16-20-32)13-11-17-31-33-22-10-9-12-25(6-2)23-28/h5-10,12,14,18,22,26,29,31H,11,13,15-17,19-21H2,1-4H3/b7-5-,12-9-,14-8-,22-10+,25-6+,27-24-,30-18?. The van der Waals surface area contributed by atoms with Crippen molar-refractivity contribution in [1.82, 2.24) is 14.9 Å². The molecule has 1 saturated heterocycles. The van der Waals surface area contributed by atoms with E-state index in [2.05, 4.69) is 32.9 Å². The molecule has 0 aromatic heterocycles. The van der Waals surface area contributed by atoms with Gasteiger partial charge in [0.25, 0.3) is 0 Å². The van der Waals surface area contributed by atoms with Gasteiger partial charge in [-0.1, -0.05) is 48.4 Å². The molecule has 1 rings (SSSR count). The zero-order chi connectivity index (χ0) is 24.2. The summed E-state index contributed by atoms with van der Waals surface area (Å²) < 4.78 is 3.39. The van der Waals surface area contributed by atoms with Crippen LogP contribution in [0.25, 0.3) is 0 Å². The fraction of sp³-hybridized carbons (Fsp3) is 0.481. The van der Waals surface area contributed by atoms with E-state index < -0.39 is 0 Å². The molecule has 5 nitrogen and oxygen atoms in total. The summed E-state index contributed by atoms with van der Waals surface area (Å²) in [6, 6.07) is 2.13. The van der Waals surface area contributed by atoms with Crippen molar-refractivity contribution in [3.05, 3.63) is 71.0 Å². The van der Waals surface area contributed by atoms with Crippen LogP contribution >= 0.6 is 11.9 Å². The molecule has 1 heterocycles. The molecule has 2 N–H and O–H groups in total. The minimum Gasteiger partial charge on any atom is -0.390 e. The van der Waals surface area contributed by atoms with Crippen molar-refractivity contribution in [2.75, 3.05) is 33.2 Å². The second-order valence-electron chi connectivity index (χ2n) is 7.90. The van der Waals surface area contributed by atoms with Gasteiger partial charge in [-0.05, 0) is 83.0 Å². The van der Waals surface area contributed by atoms with Gasteiger partial charge in [0.1, 0.15) is 0 Å². The summed E-state index contributed by atoms with van der Waals surface area (Å²) >= 11 is 1.60. The Morgan fingerprint density at radius 3 is 2.58 bits per heavy atom. The fourth-order valence-corrected chi connectivity index (χ4v) is 3.90. The second-order valence-corrected chi connectivity index (χ2v) is 8.70. The Balaban J connectivity index is 2.21. The van der Waals surface area contributed by atoms with Gasteiger partial charge < -0.3 is 5.32 Å². The highest BCUT2D eigenvalue weighted by molar-refractivity contribution is 8.00. The maximum absolute atomic E-state index is 8.84. The third-order valence-electron chi connectivity index (χ3n) is 5.54. The highest BCUT2D eigenvalue weighted by Gasteiger charge is 2.17. The van der Waals surface area contributed by atoms with E-state index in [1.165, 1.54) is 25.7 Å². The first-order valence-electron chi connectivity index (χ1n) is 11.9. The van der Waals surface area contributed by atoms with Gasteiger partial charge in [-0.2, -0.15) is 5.26 Å². The van der Waals surface area contributed by atoms with Crippen LogP contribution in [0.15, 0.2) is 76.0 Å². The number of likely N-dealkylation sites (tertiary alicyclic amines) is 1. The van der Waals surface area contributed by atoms with Crippen molar-refractivity contribution in [2.45, 2.75) is 46.5 Å². The summed E-state index contributed by atoms with van der Waals surface area (Å²) in [6.45, 7) is 10.2. The molecular weight excluding hydrogens is 426 g/mol. The number of nitrogens with zero attached hydrogens (tertiary/aromatic N) is 3. The summed E-state index contributed by atoms with van der Waals surface area (Å²) in [5.74, 6) is 0.833. The first-order chi connectivity index (χ1) is 16.1. The molecule has 0 saturated carbocycles. The van der Waals surface area contributed by atoms with Gasteiger partial charge in [0.2, 0.25) is 0 Å². The average Bonchev–Trinajstić information content (AvgIpc) is 2.85. The zero-order valence-electron chi connectivity index (χ0n) is 20.8. The molecule has 0 spiro atoms. The number of rotatable bonds is 14. The van der Waals surface area contributed by atoms with Crippen LogP contribution in [0, 0.1) is 17.2 Å². The maximum atomic E-state index is 8.84. The quantitative estimate of drug-likeness (QED) is 0.109. The lowest BCUT2D eigenvalue weighted by molar-refractivity contribution is 0.199. The van der Waals surface area contributed by atoms with Crippen LogP contribution in [-0.4, -0.2) is 44.3 Å². The predicted octanol–water partition coefficient (Wildman–Crippen LogP) is 5.91. The van der Waals surface area contributed by atoms with Gasteiger partial charge in [-0.3, -0.25) is 14.6 Å². The van der Waals surface area contributed by atoms with Gasteiger partial charge >= 0.3 is 0 Å². The largest absolute Gasteiger partial charge is 0.390 e. The van der Waals surface area contributed by atoms with Crippen LogP contribution in [0.1, 0.15) is 46.5 Å². The topological polar surface area (TPSA) is 63.5 Å². The zero-order valence-corrected chi connectivity index (χ0v) is 21.6. The average molecular weight is 468 g/mol. The van der Waals surface area contributed by atoms with Crippen molar-refractivity contribution in [1.29, 1.82) is 5.26 Å². The Labute approximate surface area is 205 Å². The molecule has 0 unspecified atom stereocenters. The van der Waals surface area contributed by atoms with Crippen molar-refractivity contribution in [3.63, 3.8) is 0 Å². The third kappa shape index (κ3) is 13.7. The third-order valence-corrected chi connectivity index (χ3v) is 6.21. The van der Waals surface area contributed by atoms with Crippen LogP contribution in [-0.2, 0) is 0 Å². The molecular formula is C27H41N5S. The highest BCUT2D eigenvalue weighted by Crippen LogP contribution is 2.21. The van der Waals surface area contributed by atoms with E-state index >= 15 is 0 Å². The number of hydrogen-bond donors (Lipinski definition) is 2. The number of piperidine rings is 1. The molecule has 0 aliphatic carbocycles. The Morgan fingerprint density at radius 2 is 1.91 bits per heavy atom. The Bertz CT molecular complexity index is 788. The number of nitriles is 1. The minimum absolute atomic E-state index is 0.679. The normalized spacial score (nSPS) is 17.7. The molecule has 1 aliphatic heterocycles. The maximum Gasteiger partial charge on any atom is 0.0988 e. The first kappa shape index (κ1) is 28.7. The predicted molar refractivity (Wildman–Crippen MR) is 146 cm³/mol. The molecule has 0 radical (unpaired) electrons. The Kier molecular flexibility index (Phi) is 16.7. The monoisotopic (exact) mass is 467 g/mol. The summed E-state index contributed by atoms with van der Waals surface area (Å²) in [6.07, 6.45) is 22.7. The Morgan fingerprint density at radius 1 is 1.15 bits per heavy atom. The highest BCUT2D eigenvalue weighted by atomic mass is 32.2. The summed E-state index contributed by atoms with van der Waals surface area (Å²) in [5.41, 5.74) is 2.73. The van der Waals surface area contributed by atoms with Crippen molar-refractivity contribution < 1.29 is 0 Å². The van der Waals surface area contributed by atoms with Crippen LogP contribution < -0.4 is 10.0 Å². The van der Waals surface area contributed by atoms with E-state index in [0.29, 0.717) is 5.57 Å². The van der Waals surface area contributed by atoms with Crippen molar-refractivity contribution >= 4 is 18.2 Å². The molecule has 1 aliphatic rings. The first-order valence-corrected chi connectivity index (χ1v) is 12.7. The van der Waals surface area contributed by atoms with Gasteiger partial charge in [-0.15, -0.1) is 0 Å². The van der Waals surface area contributed by atoms with Crippen LogP contribution in [0.5, 0.6) is 0 Å². The van der Waals surface area contributed by atoms with E-state index in [0.717, 1.165) is 43.5 Å². The molecule has 0 amide bonds. The smallest absolute Gasteiger partial charge is 0.0988 e. The number of hydrogen-bond acceptors (Lipinski definition) is 6. The van der Waals surface area contributed by atoms with Crippen LogP contribution in [0.2, 0.25) is 0 Å². The lowest BCUT2D eigenvalue weighted by Crippen LogP contribution is -2.35. The van der Waals surface area contributed by atoms with Gasteiger partial charge in [0.15, 0.2) is 0 Å². The fourth-order valence-electron chi connectivity index (χ4n) is 3.37. The second kappa shape index (κ2) is 19.2. The van der Waals surface area contributed by atoms with Crippen LogP contribution in [0.4, 0.5) is 0 Å². The van der Waals surface area contributed by atoms with Gasteiger partial charge in [-0.25, -0.2) is 0 Å². The van der Waals surface area contributed by atoms with Gasteiger partial charge in [0.05, 0.1) is 11.8 Å². The number of aliphatic imine (C=N–C) groups is 1. The SMILES string of the molecule is C\C=C/C=C\C(N=CCN1CCC(CCCNS/C=C/C=C\C(C#N)=C/C)CC1)=C(/C)NC. The molecule has 1 fully saturated rings. The lowest BCUT2D eigenvalue weighted by atomic mass is 9.92. The van der Waals surface area contributed by atoms with Crippen LogP contribution in [0.3, 0.4) is 0 Å². The Hall–Kier alpha value is -2.33. The molecule has 0 aromatic rings. The van der Waals surface area contributed by atoms with E-state index in [9.17, 15) is 0 Å². The molecule has 33 heavy (non-hydrogen) atoms. The molecule has 0 aromatic carbocycles. The van der Waals surface area contributed by atoms with E-state index in [-0.39, 0.29) is 0 Å². The van der Waals surface area contributed by atoms with Crippen molar-refractivity contribution in [3.8, 4) is 6.07 Å². The molecule has 180 valence electrons. The van der Waals surface area contributed by atoms with E-state index in [1.807, 2.05) is 75.0 Å². The molecule has 0 bridgehead atoms. The minimum atomic E-state index is 0.679. The summed E-state index contributed by atoms with van der Waals surface area (Å²) in [5, 5.41) is 14.0. The summed E-state index contributed by atoms with van der Waals surface area (Å²) in [7, 11) is 1.93. The van der Waals surface area contributed by atoms with Gasteiger partial charge in [0, 0.05) is 37.6 Å². The summed E-state index contributed by atoms with van der Waals surface area (Å²) in [4.78, 5) is 7.19. The molecule has 6 heteroatoms. The van der Waals surface area contributed by atoms with E-state index in [4.69, 9.17) is 5.26 Å². The lowest BCUT2D eigenvalue weighted by Gasteiger charge is -2.31. The number of nitrogens with one attached hydrogen (secondary N) is 2.